The molecule has 0 bridgehead atoms. The minimum atomic E-state index is -0.894. The second-order valence-corrected chi connectivity index (χ2v) is 10.7. The van der Waals surface area contributed by atoms with Crippen LogP contribution in [0.3, 0.4) is 0 Å². The molecule has 5 heteroatoms. The number of aliphatic hydroxyl groups is 3. The molecule has 0 aromatic heterocycles. The predicted octanol–water partition coefficient (Wildman–Crippen LogP) is 5.90. The zero-order valence-electron chi connectivity index (χ0n) is 22.4. The minimum absolute atomic E-state index is 0.0220. The summed E-state index contributed by atoms with van der Waals surface area (Å²) < 4.78 is 10.6. The average molecular weight is 473 g/mol. The van der Waals surface area contributed by atoms with E-state index in [1.807, 2.05) is 0 Å². The number of rotatable bonds is 23. The first-order chi connectivity index (χ1) is 15.7. The van der Waals surface area contributed by atoms with Crippen LogP contribution in [-0.2, 0) is 9.47 Å². The average Bonchev–Trinajstić information content (AvgIpc) is 2.75. The maximum atomic E-state index is 9.75. The van der Waals surface area contributed by atoms with Crippen molar-refractivity contribution in [3.63, 3.8) is 0 Å². The Morgan fingerprint density at radius 3 is 1.88 bits per heavy atom. The van der Waals surface area contributed by atoms with Gasteiger partial charge in [-0.3, -0.25) is 0 Å². The lowest BCUT2D eigenvalue weighted by molar-refractivity contribution is -0.0479. The van der Waals surface area contributed by atoms with E-state index >= 15 is 0 Å². The Morgan fingerprint density at radius 2 is 1.27 bits per heavy atom. The van der Waals surface area contributed by atoms with Gasteiger partial charge < -0.3 is 24.8 Å². The van der Waals surface area contributed by atoms with E-state index in [4.69, 9.17) is 19.7 Å². The van der Waals surface area contributed by atoms with Gasteiger partial charge in [0.25, 0.3) is 0 Å². The van der Waals surface area contributed by atoms with Gasteiger partial charge in [0, 0.05) is 6.61 Å². The van der Waals surface area contributed by atoms with Crippen molar-refractivity contribution in [1.82, 2.24) is 0 Å². The van der Waals surface area contributed by atoms with Crippen LogP contribution >= 0.6 is 0 Å². The van der Waals surface area contributed by atoms with Gasteiger partial charge in [0.15, 0.2) is 0 Å². The van der Waals surface area contributed by atoms with E-state index in [0.29, 0.717) is 6.61 Å². The quantitative estimate of drug-likeness (QED) is 0.127. The fourth-order valence-corrected chi connectivity index (χ4v) is 4.00. The molecule has 0 amide bonds. The lowest BCUT2D eigenvalue weighted by Gasteiger charge is -2.15. The van der Waals surface area contributed by atoms with Crippen LogP contribution < -0.4 is 0 Å². The van der Waals surface area contributed by atoms with Crippen LogP contribution in [0, 0.1) is 17.8 Å². The highest BCUT2D eigenvalue weighted by Crippen LogP contribution is 2.22. The lowest BCUT2D eigenvalue weighted by Crippen LogP contribution is -2.26. The van der Waals surface area contributed by atoms with E-state index in [0.717, 1.165) is 30.6 Å². The summed E-state index contributed by atoms with van der Waals surface area (Å²) in [5.41, 5.74) is 1.47. The third-order valence-electron chi connectivity index (χ3n) is 6.27. The maximum Gasteiger partial charge on any atom is 0.101 e. The summed E-state index contributed by atoms with van der Waals surface area (Å²) in [6.07, 6.45) is 14.8. The van der Waals surface area contributed by atoms with E-state index in [1.54, 1.807) is 0 Å². The van der Waals surface area contributed by atoms with E-state index < -0.39 is 12.2 Å². The van der Waals surface area contributed by atoms with E-state index in [-0.39, 0.29) is 26.4 Å². The van der Waals surface area contributed by atoms with E-state index in [2.05, 4.69) is 40.7 Å². The topological polar surface area (TPSA) is 79.2 Å². The van der Waals surface area contributed by atoms with Gasteiger partial charge in [0.2, 0.25) is 0 Å². The number of aliphatic hydroxyl groups excluding tert-OH is 3. The largest absolute Gasteiger partial charge is 0.394 e. The Kier molecular flexibility index (Phi) is 21.7. The van der Waals surface area contributed by atoms with Crippen molar-refractivity contribution in [3.05, 3.63) is 11.6 Å². The molecular formula is C28H56O5. The molecule has 0 fully saturated rings. The second-order valence-electron chi connectivity index (χ2n) is 10.7. The Balaban J connectivity index is 3.62. The van der Waals surface area contributed by atoms with Crippen LogP contribution in [0.2, 0.25) is 0 Å². The first-order valence-corrected chi connectivity index (χ1v) is 13.5. The highest BCUT2D eigenvalue weighted by Gasteiger charge is 2.08. The summed E-state index contributed by atoms with van der Waals surface area (Å²) in [6, 6.07) is 0. The number of hydrogen-bond acceptors (Lipinski definition) is 5. The number of unbranched alkanes of at least 4 members (excludes halogenated alkanes) is 1. The molecule has 0 aliphatic carbocycles. The third kappa shape index (κ3) is 23.1. The van der Waals surface area contributed by atoms with Crippen molar-refractivity contribution in [2.75, 3.05) is 33.0 Å². The highest BCUT2D eigenvalue weighted by atomic mass is 16.5. The Hall–Kier alpha value is -0.460. The molecule has 0 aromatic rings. The van der Waals surface area contributed by atoms with Crippen LogP contribution in [0.4, 0.5) is 0 Å². The van der Waals surface area contributed by atoms with Crippen molar-refractivity contribution < 1.29 is 24.8 Å². The van der Waals surface area contributed by atoms with Gasteiger partial charge in [-0.05, 0) is 50.4 Å². The molecule has 0 aliphatic rings. The first kappa shape index (κ1) is 32.5. The van der Waals surface area contributed by atoms with Crippen molar-refractivity contribution >= 4 is 0 Å². The second kappa shape index (κ2) is 22.0. The Labute approximate surface area is 205 Å². The van der Waals surface area contributed by atoms with Crippen LogP contribution in [-0.4, -0.2) is 60.6 Å². The number of ether oxygens (including phenoxy) is 2. The molecule has 0 spiro atoms. The summed E-state index contributed by atoms with van der Waals surface area (Å²) in [7, 11) is 0. The smallest absolute Gasteiger partial charge is 0.101 e. The Morgan fingerprint density at radius 1 is 0.727 bits per heavy atom. The summed E-state index contributed by atoms with van der Waals surface area (Å²) in [4.78, 5) is 0. The maximum absolute atomic E-state index is 9.75. The SMILES string of the molecule is C/C(=C\CCCOCC(O)COCC(O)CO)CCCC(C)CCCC(C)CCCC(C)C. The predicted molar refractivity (Wildman–Crippen MR) is 138 cm³/mol. The zero-order chi connectivity index (χ0) is 24.9. The molecule has 33 heavy (non-hydrogen) atoms. The van der Waals surface area contributed by atoms with Crippen molar-refractivity contribution in [3.8, 4) is 0 Å². The van der Waals surface area contributed by atoms with E-state index in [1.165, 1.54) is 63.4 Å². The number of hydrogen-bond donors (Lipinski definition) is 3. The molecule has 0 saturated carbocycles. The Bertz CT molecular complexity index is 452. The lowest BCUT2D eigenvalue weighted by atomic mass is 9.91. The fraction of sp³-hybridized carbons (Fsp3) is 0.929. The van der Waals surface area contributed by atoms with Crippen molar-refractivity contribution in [2.45, 2.75) is 117 Å². The molecule has 0 saturated heterocycles. The van der Waals surface area contributed by atoms with Gasteiger partial charge in [-0.15, -0.1) is 0 Å². The fourth-order valence-electron chi connectivity index (χ4n) is 4.00. The standard InChI is InChI=1S/C28H56O5/c1-23(2)11-8-13-25(4)15-10-17-26(5)16-9-14-24(3)12-6-7-18-32-21-28(31)22-33-20-27(30)19-29/h12,23,25-31H,6-11,13-22H2,1-5H3/b24-12+. The molecular weight excluding hydrogens is 416 g/mol. The molecule has 3 N–H and O–H groups in total. The summed E-state index contributed by atoms with van der Waals surface area (Å²) >= 11 is 0. The number of allylic oxidation sites excluding steroid dienone is 2. The van der Waals surface area contributed by atoms with Crippen LogP contribution in [0.15, 0.2) is 11.6 Å². The zero-order valence-corrected chi connectivity index (χ0v) is 22.4. The summed E-state index contributed by atoms with van der Waals surface area (Å²) in [5.74, 6) is 2.55. The molecule has 0 radical (unpaired) electrons. The molecule has 4 atom stereocenters. The van der Waals surface area contributed by atoms with E-state index in [9.17, 15) is 5.11 Å². The minimum Gasteiger partial charge on any atom is -0.394 e. The molecule has 0 aliphatic heterocycles. The summed E-state index contributed by atoms with van der Waals surface area (Å²) in [5, 5.41) is 27.6. The molecule has 0 rings (SSSR count). The van der Waals surface area contributed by atoms with Crippen LogP contribution in [0.1, 0.15) is 105 Å². The van der Waals surface area contributed by atoms with Gasteiger partial charge in [0.05, 0.1) is 26.4 Å². The van der Waals surface area contributed by atoms with Gasteiger partial charge in [-0.1, -0.05) is 84.3 Å². The van der Waals surface area contributed by atoms with Crippen molar-refractivity contribution in [1.29, 1.82) is 0 Å². The first-order valence-electron chi connectivity index (χ1n) is 13.5. The van der Waals surface area contributed by atoms with Crippen LogP contribution in [0.25, 0.3) is 0 Å². The normalized spacial score (nSPS) is 16.2. The van der Waals surface area contributed by atoms with Gasteiger partial charge in [-0.2, -0.15) is 0 Å². The molecule has 198 valence electrons. The van der Waals surface area contributed by atoms with Gasteiger partial charge >= 0.3 is 0 Å². The monoisotopic (exact) mass is 472 g/mol. The van der Waals surface area contributed by atoms with Gasteiger partial charge in [0.1, 0.15) is 12.2 Å². The highest BCUT2D eigenvalue weighted by molar-refractivity contribution is 4.97. The summed E-state index contributed by atoms with van der Waals surface area (Å²) in [6.45, 7) is 12.3. The molecule has 0 heterocycles. The molecule has 5 nitrogen and oxygen atoms in total. The molecule has 4 unspecified atom stereocenters. The van der Waals surface area contributed by atoms with Crippen LogP contribution in [0.5, 0.6) is 0 Å². The third-order valence-corrected chi connectivity index (χ3v) is 6.27. The van der Waals surface area contributed by atoms with Gasteiger partial charge in [-0.25, -0.2) is 0 Å². The van der Waals surface area contributed by atoms with Crippen molar-refractivity contribution in [2.24, 2.45) is 17.8 Å². The molecule has 0 aromatic carbocycles.